The highest BCUT2D eigenvalue weighted by Crippen LogP contribution is 2.13. The monoisotopic (exact) mass is 172 g/mol. The van der Waals surface area contributed by atoms with E-state index in [1.165, 1.54) is 0 Å². The van der Waals surface area contributed by atoms with E-state index in [0.29, 0.717) is 0 Å². The van der Waals surface area contributed by atoms with Gasteiger partial charge in [0.15, 0.2) is 0 Å². The second kappa shape index (κ2) is 7.93. The summed E-state index contributed by atoms with van der Waals surface area (Å²) in [6.45, 7) is 2.37. The van der Waals surface area contributed by atoms with Crippen LogP contribution in [0.2, 0.25) is 0 Å². The molecule has 64 valence electrons. The molecule has 0 aromatic heterocycles. The van der Waals surface area contributed by atoms with Crippen LogP contribution in [0.25, 0.3) is 0 Å². The van der Waals surface area contributed by atoms with E-state index >= 15 is 0 Å². The Morgan fingerprint density at radius 1 is 1.64 bits per heavy atom. The number of unbranched alkanes of at least 4 members (excludes halogenated alkanes) is 1. The van der Waals surface area contributed by atoms with Crippen LogP contribution in [0.3, 0.4) is 0 Å². The Balaban J connectivity index is 3.87. The van der Waals surface area contributed by atoms with Crippen molar-refractivity contribution in [2.24, 2.45) is 0 Å². The molecule has 0 fully saturated rings. The fourth-order valence-corrected chi connectivity index (χ4v) is 1.16. The fourth-order valence-electron chi connectivity index (χ4n) is 0.665. The van der Waals surface area contributed by atoms with Crippen LogP contribution in [0.15, 0.2) is 16.7 Å². The Bertz CT molecular complexity index is 146. The molecule has 1 nitrogen and oxygen atoms in total. The van der Waals surface area contributed by atoms with Crippen LogP contribution in [0, 0.1) is 0 Å². The smallest absolute Gasteiger partial charge is 0.0482 e. The lowest BCUT2D eigenvalue weighted by molar-refractivity contribution is 0.302. The van der Waals surface area contributed by atoms with Gasteiger partial charge in [0.2, 0.25) is 0 Å². The third kappa shape index (κ3) is 6.24. The maximum atomic E-state index is 8.64. The van der Waals surface area contributed by atoms with E-state index in [1.807, 2.05) is 12.3 Å². The Hall–Kier alpha value is -0.170. The van der Waals surface area contributed by atoms with Crippen LogP contribution >= 0.6 is 11.8 Å². The summed E-state index contributed by atoms with van der Waals surface area (Å²) < 4.78 is 0. The molecule has 0 saturated heterocycles. The zero-order chi connectivity index (χ0) is 8.53. The largest absolute Gasteiger partial charge is 0.396 e. The summed E-state index contributed by atoms with van der Waals surface area (Å²) in [5, 5.41) is 8.64. The summed E-state index contributed by atoms with van der Waals surface area (Å²) >= 11 is 1.66. The zero-order valence-corrected chi connectivity index (χ0v) is 8.08. The van der Waals surface area contributed by atoms with Crippen molar-refractivity contribution in [1.82, 2.24) is 0 Å². The molecule has 0 radical (unpaired) electrons. The fraction of sp³-hybridized carbons (Fsp3) is 0.667. The molecule has 0 aromatic carbocycles. The van der Waals surface area contributed by atoms with Gasteiger partial charge in [-0.1, -0.05) is 13.3 Å². The molecule has 0 aliphatic rings. The minimum Gasteiger partial charge on any atom is -0.396 e. The zero-order valence-electron chi connectivity index (χ0n) is 7.26. The summed E-state index contributed by atoms with van der Waals surface area (Å²) in [4.78, 5) is 1.14. The first kappa shape index (κ1) is 10.8. The number of aliphatic hydroxyl groups excluding tert-OH is 1. The van der Waals surface area contributed by atoms with Crippen molar-refractivity contribution in [3.05, 3.63) is 16.7 Å². The Labute approximate surface area is 73.2 Å². The van der Waals surface area contributed by atoms with Gasteiger partial charge in [-0.3, -0.25) is 0 Å². The molecular formula is C9H16OS. The van der Waals surface area contributed by atoms with Gasteiger partial charge >= 0.3 is 0 Å². The van der Waals surface area contributed by atoms with E-state index in [-0.39, 0.29) is 6.61 Å². The van der Waals surface area contributed by atoms with Gasteiger partial charge in [0.25, 0.3) is 0 Å². The Morgan fingerprint density at radius 2 is 2.36 bits per heavy atom. The first-order valence-electron chi connectivity index (χ1n) is 3.94. The third-order valence-electron chi connectivity index (χ3n) is 1.28. The van der Waals surface area contributed by atoms with Crippen LogP contribution in [-0.4, -0.2) is 18.0 Å². The van der Waals surface area contributed by atoms with Gasteiger partial charge in [-0.05, 0) is 18.8 Å². The van der Waals surface area contributed by atoms with Gasteiger partial charge in [0.05, 0.1) is 0 Å². The number of thioether (sulfide) groups is 1. The molecular weight excluding hydrogens is 156 g/mol. The Morgan fingerprint density at radius 3 is 2.82 bits per heavy atom. The van der Waals surface area contributed by atoms with Gasteiger partial charge in [-0.25, -0.2) is 0 Å². The summed E-state index contributed by atoms with van der Waals surface area (Å²) in [7, 11) is 0. The first-order valence-corrected chi connectivity index (χ1v) is 5.16. The topological polar surface area (TPSA) is 20.2 Å². The highest BCUT2D eigenvalue weighted by atomic mass is 32.2. The Kier molecular flexibility index (Phi) is 7.81. The maximum Gasteiger partial charge on any atom is 0.0482 e. The average molecular weight is 172 g/mol. The number of hydrogen-bond acceptors (Lipinski definition) is 2. The molecule has 0 atom stereocenters. The van der Waals surface area contributed by atoms with Crippen molar-refractivity contribution >= 4 is 11.8 Å². The molecule has 0 amide bonds. The summed E-state index contributed by atoms with van der Waals surface area (Å²) in [6, 6.07) is 0. The lowest BCUT2D eigenvalue weighted by Crippen LogP contribution is -1.81. The van der Waals surface area contributed by atoms with E-state index in [1.54, 1.807) is 11.8 Å². The quantitative estimate of drug-likeness (QED) is 0.643. The van der Waals surface area contributed by atoms with Gasteiger partial charge in [-0.2, -0.15) is 0 Å². The minimum atomic E-state index is 0.225. The first-order chi connectivity index (χ1) is 5.35. The van der Waals surface area contributed by atoms with E-state index < -0.39 is 0 Å². The van der Waals surface area contributed by atoms with Crippen LogP contribution in [0.1, 0.15) is 26.2 Å². The standard InChI is InChI=1S/C9H16OS/c1-3-4-5-6-9(11-2)7-8-10/h5,10H,3-4,7-8H2,1-2H3. The van der Waals surface area contributed by atoms with E-state index in [2.05, 4.69) is 12.7 Å². The second-order valence-corrected chi connectivity index (χ2v) is 3.14. The van der Waals surface area contributed by atoms with Crippen molar-refractivity contribution in [1.29, 1.82) is 0 Å². The summed E-state index contributed by atoms with van der Waals surface area (Å²) in [5.41, 5.74) is 3.17. The number of aliphatic hydroxyl groups is 1. The molecule has 1 N–H and O–H groups in total. The van der Waals surface area contributed by atoms with Crippen molar-refractivity contribution < 1.29 is 5.11 Å². The summed E-state index contributed by atoms with van der Waals surface area (Å²) in [5.74, 6) is 0. The van der Waals surface area contributed by atoms with Crippen molar-refractivity contribution in [2.75, 3.05) is 12.9 Å². The molecule has 0 spiro atoms. The summed E-state index contributed by atoms with van der Waals surface area (Å²) in [6.07, 6.45) is 7.03. The molecule has 0 aliphatic carbocycles. The predicted octanol–water partition coefficient (Wildman–Crippen LogP) is 2.57. The molecule has 0 heterocycles. The van der Waals surface area contributed by atoms with Crippen LogP contribution < -0.4 is 0 Å². The molecule has 0 aromatic rings. The van der Waals surface area contributed by atoms with E-state index in [9.17, 15) is 0 Å². The molecule has 11 heavy (non-hydrogen) atoms. The van der Waals surface area contributed by atoms with Crippen molar-refractivity contribution in [3.63, 3.8) is 0 Å². The molecule has 0 bridgehead atoms. The lowest BCUT2D eigenvalue weighted by Gasteiger charge is -1.94. The predicted molar refractivity (Wildman–Crippen MR) is 51.7 cm³/mol. The second-order valence-electron chi connectivity index (χ2n) is 2.24. The van der Waals surface area contributed by atoms with Crippen molar-refractivity contribution in [2.45, 2.75) is 26.2 Å². The normalized spacial score (nSPS) is 9.00. The van der Waals surface area contributed by atoms with Crippen LogP contribution in [-0.2, 0) is 0 Å². The van der Waals surface area contributed by atoms with Gasteiger partial charge < -0.3 is 5.11 Å². The van der Waals surface area contributed by atoms with E-state index in [0.717, 1.165) is 24.2 Å². The molecule has 2 heteroatoms. The average Bonchev–Trinajstić information content (AvgIpc) is 2.03. The number of rotatable bonds is 5. The van der Waals surface area contributed by atoms with Gasteiger partial charge in [-0.15, -0.1) is 17.5 Å². The van der Waals surface area contributed by atoms with Gasteiger partial charge in [0, 0.05) is 17.9 Å². The van der Waals surface area contributed by atoms with Crippen LogP contribution in [0.5, 0.6) is 0 Å². The molecule has 0 aliphatic heterocycles. The lowest BCUT2D eigenvalue weighted by atomic mass is 10.3. The van der Waals surface area contributed by atoms with Crippen molar-refractivity contribution in [3.8, 4) is 0 Å². The maximum absolute atomic E-state index is 8.64. The van der Waals surface area contributed by atoms with Gasteiger partial charge in [0.1, 0.15) is 0 Å². The minimum absolute atomic E-state index is 0.225. The molecule has 0 rings (SSSR count). The SMILES string of the molecule is CCCC=C=C(CCO)SC. The molecule has 0 saturated carbocycles. The van der Waals surface area contributed by atoms with E-state index in [4.69, 9.17) is 5.11 Å². The van der Waals surface area contributed by atoms with Crippen LogP contribution in [0.4, 0.5) is 0 Å². The third-order valence-corrected chi connectivity index (χ3v) is 2.10. The molecule has 0 unspecified atom stereocenters. The highest BCUT2D eigenvalue weighted by molar-refractivity contribution is 8.02. The highest BCUT2D eigenvalue weighted by Gasteiger charge is 1.89. The number of hydrogen-bond donors (Lipinski definition) is 1.